The molecule has 0 saturated carbocycles. The molecule has 0 radical (unpaired) electrons. The number of aromatic nitrogens is 3. The average Bonchev–Trinajstić information content (AvgIpc) is 2.89. The molecule has 0 spiro atoms. The van der Waals surface area contributed by atoms with Crippen molar-refractivity contribution in [2.75, 3.05) is 10.5 Å². The van der Waals surface area contributed by atoms with Crippen molar-refractivity contribution in [2.24, 2.45) is 0 Å². The molecule has 120 valence electrons. The highest BCUT2D eigenvalue weighted by Gasteiger charge is 2.15. The van der Waals surface area contributed by atoms with E-state index in [4.69, 9.17) is 11.6 Å². The van der Waals surface area contributed by atoms with Crippen molar-refractivity contribution >= 4 is 33.0 Å². The molecule has 1 N–H and O–H groups in total. The Hall–Kier alpha value is -2.12. The van der Waals surface area contributed by atoms with Gasteiger partial charge in [0.05, 0.1) is 11.4 Å². The molecule has 0 aliphatic rings. The van der Waals surface area contributed by atoms with Gasteiger partial charge in [0.2, 0.25) is 10.0 Å². The number of nitrogens with zero attached hydrogens (tertiary/aromatic N) is 3. The van der Waals surface area contributed by atoms with E-state index in [1.165, 1.54) is 0 Å². The maximum Gasteiger partial charge on any atom is 0.232 e. The second-order valence-electron chi connectivity index (χ2n) is 5.07. The third-order valence-electron chi connectivity index (χ3n) is 3.51. The lowest BCUT2D eigenvalue weighted by atomic mass is 10.1. The Balaban J connectivity index is 2.25. The Morgan fingerprint density at radius 2 is 2.00 bits per heavy atom. The van der Waals surface area contributed by atoms with Crippen LogP contribution in [0.5, 0.6) is 0 Å². The molecule has 0 atom stereocenters. The van der Waals surface area contributed by atoms with Gasteiger partial charge < -0.3 is 0 Å². The van der Waals surface area contributed by atoms with Crippen molar-refractivity contribution in [1.29, 1.82) is 0 Å². The number of benzene rings is 1. The maximum absolute atomic E-state index is 11.9. The number of anilines is 1. The van der Waals surface area contributed by atoms with Crippen molar-refractivity contribution in [3.8, 4) is 11.1 Å². The van der Waals surface area contributed by atoms with Crippen LogP contribution in [0.25, 0.3) is 16.8 Å². The molecule has 0 fully saturated rings. The monoisotopic (exact) mass is 350 g/mol. The average molecular weight is 351 g/mol. The summed E-state index contributed by atoms with van der Waals surface area (Å²) in [4.78, 5) is 0. The summed E-state index contributed by atoms with van der Waals surface area (Å²) in [6.45, 7) is 3.38. The fourth-order valence-corrected chi connectivity index (χ4v) is 3.14. The van der Waals surface area contributed by atoms with Gasteiger partial charge in [0.15, 0.2) is 5.65 Å². The first-order chi connectivity index (χ1) is 10.9. The molecule has 3 rings (SSSR count). The smallest absolute Gasteiger partial charge is 0.232 e. The minimum atomic E-state index is -3.43. The number of hydrogen-bond acceptors (Lipinski definition) is 4. The number of nitrogens with one attached hydrogen (secondary N) is 1. The summed E-state index contributed by atoms with van der Waals surface area (Å²) in [6, 6.07) is 9.10. The van der Waals surface area contributed by atoms with Crippen LogP contribution in [0.3, 0.4) is 0 Å². The topological polar surface area (TPSA) is 76.4 Å². The summed E-state index contributed by atoms with van der Waals surface area (Å²) < 4.78 is 28.2. The van der Waals surface area contributed by atoms with Crippen LogP contribution in [0.1, 0.15) is 12.7 Å². The van der Waals surface area contributed by atoms with E-state index >= 15 is 0 Å². The molecular formula is C15H15ClN4O2S. The number of sulfonamides is 1. The van der Waals surface area contributed by atoms with Crippen molar-refractivity contribution in [2.45, 2.75) is 13.8 Å². The van der Waals surface area contributed by atoms with Crippen LogP contribution in [0.4, 0.5) is 5.69 Å². The first-order valence-corrected chi connectivity index (χ1v) is 9.05. The summed E-state index contributed by atoms with van der Waals surface area (Å²) in [5.41, 5.74) is 2.42. The first kappa shape index (κ1) is 15.8. The van der Waals surface area contributed by atoms with E-state index in [2.05, 4.69) is 14.9 Å². The van der Waals surface area contributed by atoms with E-state index in [1.807, 2.05) is 24.4 Å². The molecule has 0 unspecified atom stereocenters. The van der Waals surface area contributed by atoms with E-state index in [9.17, 15) is 8.42 Å². The van der Waals surface area contributed by atoms with Gasteiger partial charge in [-0.3, -0.25) is 9.12 Å². The Morgan fingerprint density at radius 3 is 2.70 bits per heavy atom. The summed E-state index contributed by atoms with van der Waals surface area (Å²) in [6.07, 6.45) is 1.84. The molecule has 8 heteroatoms. The van der Waals surface area contributed by atoms with Crippen LogP contribution in [-0.2, 0) is 10.0 Å². The summed E-state index contributed by atoms with van der Waals surface area (Å²) in [5.74, 6) is 0.633. The molecule has 0 aliphatic heterocycles. The summed E-state index contributed by atoms with van der Waals surface area (Å²) in [7, 11) is -3.43. The van der Waals surface area contributed by atoms with Gasteiger partial charge in [-0.05, 0) is 26.0 Å². The molecule has 0 aliphatic carbocycles. The summed E-state index contributed by atoms with van der Waals surface area (Å²) in [5, 5.41) is 8.65. The number of halogens is 1. The minimum absolute atomic E-state index is 0.0252. The van der Waals surface area contributed by atoms with Gasteiger partial charge in [-0.25, -0.2) is 8.42 Å². The second kappa shape index (κ2) is 5.82. The molecule has 2 heterocycles. The number of fused-ring (bicyclic) bond motifs is 1. The zero-order valence-corrected chi connectivity index (χ0v) is 14.2. The largest absolute Gasteiger partial charge is 0.284 e. The molecule has 6 nitrogen and oxygen atoms in total. The molecule has 0 amide bonds. The number of pyridine rings is 1. The highest BCUT2D eigenvalue weighted by atomic mass is 35.5. The van der Waals surface area contributed by atoms with Gasteiger partial charge >= 0.3 is 0 Å². The van der Waals surface area contributed by atoms with Crippen LogP contribution in [-0.4, -0.2) is 28.8 Å². The Bertz CT molecular complexity index is 982. The lowest BCUT2D eigenvalue weighted by Gasteiger charge is -2.11. The third kappa shape index (κ3) is 3.02. The zero-order valence-electron chi connectivity index (χ0n) is 12.6. The van der Waals surface area contributed by atoms with Gasteiger partial charge in [0.25, 0.3) is 0 Å². The van der Waals surface area contributed by atoms with Crippen LogP contribution < -0.4 is 4.72 Å². The van der Waals surface area contributed by atoms with Gasteiger partial charge in [-0.1, -0.05) is 29.8 Å². The molecule has 23 heavy (non-hydrogen) atoms. The predicted molar refractivity (Wildman–Crippen MR) is 91.3 cm³/mol. The van der Waals surface area contributed by atoms with E-state index in [0.717, 1.165) is 11.1 Å². The molecule has 3 aromatic rings. The molecule has 2 aromatic heterocycles. The lowest BCUT2D eigenvalue weighted by molar-refractivity contribution is 0.602. The maximum atomic E-state index is 11.9. The lowest BCUT2D eigenvalue weighted by Crippen LogP contribution is -2.15. The molecule has 0 bridgehead atoms. The van der Waals surface area contributed by atoms with E-state index < -0.39 is 10.0 Å². The third-order valence-corrected chi connectivity index (χ3v) is 5.13. The van der Waals surface area contributed by atoms with Gasteiger partial charge in [0, 0.05) is 22.3 Å². The van der Waals surface area contributed by atoms with Gasteiger partial charge in [-0.2, -0.15) is 0 Å². The van der Waals surface area contributed by atoms with E-state index in [-0.39, 0.29) is 5.75 Å². The molecular weight excluding hydrogens is 336 g/mol. The van der Waals surface area contributed by atoms with Crippen molar-refractivity contribution < 1.29 is 8.42 Å². The highest BCUT2D eigenvalue weighted by molar-refractivity contribution is 7.92. The Labute approximate surface area is 139 Å². The van der Waals surface area contributed by atoms with Crippen molar-refractivity contribution in [3.05, 3.63) is 47.4 Å². The van der Waals surface area contributed by atoms with Crippen molar-refractivity contribution in [3.63, 3.8) is 0 Å². The van der Waals surface area contributed by atoms with E-state index in [1.54, 1.807) is 30.4 Å². The fourth-order valence-electron chi connectivity index (χ4n) is 2.26. The predicted octanol–water partition coefficient (Wildman–Crippen LogP) is 3.12. The minimum Gasteiger partial charge on any atom is -0.284 e. The second-order valence-corrected chi connectivity index (χ2v) is 7.49. The first-order valence-electron chi connectivity index (χ1n) is 7.02. The van der Waals surface area contributed by atoms with Crippen LogP contribution in [0, 0.1) is 6.92 Å². The number of rotatable bonds is 4. The van der Waals surface area contributed by atoms with Crippen LogP contribution >= 0.6 is 11.6 Å². The standard InChI is InChI=1S/C15H15ClN4O2S/c1-3-23(21,22)19-14-8-11(12-6-4-5-7-13(12)16)9-20-10(2)17-18-15(14)20/h4-9,19H,3H2,1-2H3. The van der Waals surface area contributed by atoms with Crippen molar-refractivity contribution in [1.82, 2.24) is 14.6 Å². The van der Waals surface area contributed by atoms with Crippen LogP contribution in [0.15, 0.2) is 36.5 Å². The SMILES string of the molecule is CCS(=O)(=O)Nc1cc(-c2ccccc2Cl)cn2c(C)nnc12. The Kier molecular flexibility index (Phi) is 3.99. The fraction of sp³-hybridized carbons (Fsp3) is 0.200. The van der Waals surface area contributed by atoms with Crippen LogP contribution in [0.2, 0.25) is 5.02 Å². The highest BCUT2D eigenvalue weighted by Crippen LogP contribution is 2.31. The normalized spacial score (nSPS) is 11.8. The summed E-state index contributed by atoms with van der Waals surface area (Å²) >= 11 is 6.26. The van der Waals surface area contributed by atoms with E-state index in [0.29, 0.717) is 22.2 Å². The quantitative estimate of drug-likeness (QED) is 0.784. The van der Waals surface area contributed by atoms with Gasteiger partial charge in [-0.15, -0.1) is 10.2 Å². The van der Waals surface area contributed by atoms with Gasteiger partial charge in [0.1, 0.15) is 5.82 Å². The molecule has 0 saturated heterocycles. The molecule has 1 aromatic carbocycles. The Morgan fingerprint density at radius 1 is 1.26 bits per heavy atom. The zero-order chi connectivity index (χ0) is 16.6. The number of aryl methyl sites for hydroxylation is 1. The number of hydrogen-bond donors (Lipinski definition) is 1.